The van der Waals surface area contributed by atoms with Crippen LogP contribution in [0.1, 0.15) is 27.7 Å². The topological polar surface area (TPSA) is 86.3 Å². The number of carbonyl (C=O) groups is 2. The number of nitrogens with zero attached hydrogens (tertiary/aromatic N) is 1. The molecule has 0 radical (unpaired) electrons. The van der Waals surface area contributed by atoms with Crippen LogP contribution in [0.3, 0.4) is 0 Å². The molecule has 130 valence electrons. The average molecular weight is 346 g/mol. The van der Waals surface area contributed by atoms with E-state index in [0.29, 0.717) is 0 Å². The average Bonchev–Trinajstić information content (AvgIpc) is 2.88. The van der Waals surface area contributed by atoms with E-state index in [2.05, 4.69) is 5.32 Å². The maximum atomic E-state index is 11.4. The Morgan fingerprint density at radius 3 is 2.52 bits per heavy atom. The first kappa shape index (κ1) is 18.1. The van der Waals surface area contributed by atoms with Crippen molar-refractivity contribution in [2.45, 2.75) is 58.1 Å². The number of fused-ring (bicyclic) bond motifs is 1. The Kier molecular flexibility index (Phi) is 5.24. The van der Waals surface area contributed by atoms with Crippen LogP contribution in [0.2, 0.25) is 0 Å². The summed E-state index contributed by atoms with van der Waals surface area (Å²) in [5.74, 6) is -1.41. The number of hydrogen-bond acceptors (Lipinski definition) is 7. The number of thiocarbonyl (C=S) groups is 1. The number of amides is 1. The van der Waals surface area contributed by atoms with E-state index in [4.69, 9.17) is 31.2 Å². The zero-order valence-electron chi connectivity index (χ0n) is 13.8. The Morgan fingerprint density at radius 1 is 1.30 bits per heavy atom. The van der Waals surface area contributed by atoms with Crippen molar-refractivity contribution in [2.24, 2.45) is 0 Å². The molecule has 1 amide bonds. The van der Waals surface area contributed by atoms with E-state index >= 15 is 0 Å². The van der Waals surface area contributed by atoms with Crippen LogP contribution in [0.4, 0.5) is 0 Å². The first-order valence-electron chi connectivity index (χ1n) is 7.31. The molecule has 2 aliphatic heterocycles. The molecule has 4 atom stereocenters. The Balaban J connectivity index is 2.00. The molecule has 1 N–H and O–H groups in total. The summed E-state index contributed by atoms with van der Waals surface area (Å²) in [5.41, 5.74) is 0. The molecule has 2 heterocycles. The van der Waals surface area contributed by atoms with Crippen molar-refractivity contribution >= 4 is 29.2 Å². The van der Waals surface area contributed by atoms with Crippen LogP contribution < -0.4 is 5.32 Å². The summed E-state index contributed by atoms with van der Waals surface area (Å²) in [5, 5.41) is 3.19. The van der Waals surface area contributed by atoms with Gasteiger partial charge in [-0.3, -0.25) is 14.5 Å². The summed E-state index contributed by atoms with van der Waals surface area (Å²) in [6.45, 7) is 6.53. The van der Waals surface area contributed by atoms with E-state index in [1.54, 1.807) is 20.9 Å². The normalized spacial score (nSPS) is 31.3. The van der Waals surface area contributed by atoms with E-state index in [1.165, 1.54) is 18.7 Å². The van der Waals surface area contributed by atoms with Gasteiger partial charge >= 0.3 is 5.97 Å². The molecular weight excluding hydrogens is 324 g/mol. The van der Waals surface area contributed by atoms with Gasteiger partial charge < -0.3 is 24.3 Å². The van der Waals surface area contributed by atoms with Gasteiger partial charge in [0, 0.05) is 27.4 Å². The quantitative estimate of drug-likeness (QED) is 0.571. The summed E-state index contributed by atoms with van der Waals surface area (Å²) >= 11 is 5.12. The van der Waals surface area contributed by atoms with Crippen LogP contribution in [0.5, 0.6) is 0 Å². The highest BCUT2D eigenvalue weighted by Gasteiger charge is 2.56. The minimum atomic E-state index is -0.795. The smallest absolute Gasteiger partial charge is 0.303 e. The van der Waals surface area contributed by atoms with Gasteiger partial charge in [0.05, 0.1) is 0 Å². The highest BCUT2D eigenvalue weighted by molar-refractivity contribution is 7.80. The number of rotatable bonds is 3. The maximum absolute atomic E-state index is 11.4. The minimum absolute atomic E-state index is 0.184. The largest absolute Gasteiger partial charge is 0.457 e. The van der Waals surface area contributed by atoms with Crippen molar-refractivity contribution < 1.29 is 28.5 Å². The van der Waals surface area contributed by atoms with E-state index in [-0.39, 0.29) is 17.6 Å². The summed E-state index contributed by atoms with van der Waals surface area (Å²) in [6, 6.07) is 0. The van der Waals surface area contributed by atoms with E-state index in [9.17, 15) is 9.59 Å². The van der Waals surface area contributed by atoms with Gasteiger partial charge in [-0.1, -0.05) is 0 Å². The molecule has 8 nitrogen and oxygen atoms in total. The number of carbonyl (C=O) groups excluding carboxylic acids is 2. The predicted molar refractivity (Wildman–Crippen MR) is 83.3 cm³/mol. The van der Waals surface area contributed by atoms with Gasteiger partial charge in [-0.05, 0) is 26.1 Å². The maximum Gasteiger partial charge on any atom is 0.303 e. The highest BCUT2D eigenvalue weighted by Crippen LogP contribution is 2.38. The molecule has 0 bridgehead atoms. The first-order chi connectivity index (χ1) is 10.6. The number of ether oxygens (including phenoxy) is 4. The standard InChI is InChI=1S/C14H22N2O6S/c1-7(17)16(5)13(23)15-6-9-10(19-8(2)18)11-12(20-9)22-14(3,4)21-11/h9-12H,6H2,1-5H3,(H,15,23)/t9-,10+,11-,12-/m1/s1. The zero-order valence-corrected chi connectivity index (χ0v) is 14.6. The van der Waals surface area contributed by atoms with Crippen molar-refractivity contribution in [3.63, 3.8) is 0 Å². The summed E-state index contributed by atoms with van der Waals surface area (Å²) in [7, 11) is 1.57. The fraction of sp³-hybridized carbons (Fsp3) is 0.786. The number of hydrogen-bond donors (Lipinski definition) is 1. The second-order valence-corrected chi connectivity index (χ2v) is 6.37. The zero-order chi connectivity index (χ0) is 17.4. The SMILES string of the molecule is CC(=O)O[C@@H]1[C@H]2OC(C)(C)O[C@H]2O[C@@H]1CNC(=S)N(C)C(C)=O. The Bertz CT molecular complexity index is 511. The Morgan fingerprint density at radius 2 is 1.96 bits per heavy atom. The lowest BCUT2D eigenvalue weighted by atomic mass is 10.1. The molecule has 2 saturated heterocycles. The van der Waals surface area contributed by atoms with Crippen molar-refractivity contribution in [1.82, 2.24) is 10.2 Å². The van der Waals surface area contributed by atoms with Gasteiger partial charge in [0.15, 0.2) is 29.4 Å². The molecule has 0 saturated carbocycles. The molecule has 0 aliphatic carbocycles. The number of nitrogens with one attached hydrogen (secondary N) is 1. The van der Waals surface area contributed by atoms with E-state index in [0.717, 1.165) is 0 Å². The Labute approximate surface area is 140 Å². The Hall–Kier alpha value is -1.29. The monoisotopic (exact) mass is 346 g/mol. The lowest BCUT2D eigenvalue weighted by Crippen LogP contribution is -2.47. The van der Waals surface area contributed by atoms with Crippen LogP contribution in [0.25, 0.3) is 0 Å². The molecule has 2 aliphatic rings. The molecular formula is C14H22N2O6S. The van der Waals surface area contributed by atoms with Crippen LogP contribution in [0, 0.1) is 0 Å². The molecule has 0 aromatic rings. The van der Waals surface area contributed by atoms with E-state index < -0.39 is 36.4 Å². The van der Waals surface area contributed by atoms with Crippen molar-refractivity contribution in [2.75, 3.05) is 13.6 Å². The minimum Gasteiger partial charge on any atom is -0.457 e. The van der Waals surface area contributed by atoms with Gasteiger partial charge in [-0.15, -0.1) is 0 Å². The lowest BCUT2D eigenvalue weighted by molar-refractivity contribution is -0.217. The highest BCUT2D eigenvalue weighted by atomic mass is 32.1. The first-order valence-corrected chi connectivity index (χ1v) is 7.72. The third-order valence-electron chi connectivity index (χ3n) is 3.62. The predicted octanol–water partition coefficient (Wildman–Crippen LogP) is 0.147. The second-order valence-electron chi connectivity index (χ2n) is 5.98. The van der Waals surface area contributed by atoms with Crippen LogP contribution in [-0.2, 0) is 28.5 Å². The molecule has 0 aromatic heterocycles. The number of esters is 1. The van der Waals surface area contributed by atoms with Gasteiger partial charge in [0.2, 0.25) is 5.91 Å². The van der Waals surface area contributed by atoms with Crippen molar-refractivity contribution in [3.05, 3.63) is 0 Å². The molecule has 0 aromatic carbocycles. The van der Waals surface area contributed by atoms with Crippen LogP contribution in [0.15, 0.2) is 0 Å². The third kappa shape index (κ3) is 4.17. The van der Waals surface area contributed by atoms with Gasteiger partial charge in [0.25, 0.3) is 0 Å². The molecule has 0 spiro atoms. The molecule has 0 unspecified atom stereocenters. The fourth-order valence-electron chi connectivity index (χ4n) is 2.49. The lowest BCUT2D eigenvalue weighted by Gasteiger charge is -2.26. The van der Waals surface area contributed by atoms with Crippen molar-refractivity contribution in [3.8, 4) is 0 Å². The van der Waals surface area contributed by atoms with Crippen LogP contribution in [-0.4, -0.2) is 65.9 Å². The molecule has 9 heteroatoms. The molecule has 2 fully saturated rings. The van der Waals surface area contributed by atoms with Crippen LogP contribution >= 0.6 is 12.2 Å². The van der Waals surface area contributed by atoms with E-state index in [1.807, 2.05) is 0 Å². The summed E-state index contributed by atoms with van der Waals surface area (Å²) in [4.78, 5) is 23.9. The van der Waals surface area contributed by atoms with Gasteiger partial charge in [-0.25, -0.2) is 0 Å². The fourth-order valence-corrected chi connectivity index (χ4v) is 2.71. The summed E-state index contributed by atoms with van der Waals surface area (Å²) in [6.07, 6.45) is -2.22. The summed E-state index contributed by atoms with van der Waals surface area (Å²) < 4.78 is 22.5. The second kappa shape index (κ2) is 6.68. The molecule has 23 heavy (non-hydrogen) atoms. The van der Waals surface area contributed by atoms with Gasteiger partial charge in [-0.2, -0.15) is 0 Å². The third-order valence-corrected chi connectivity index (χ3v) is 4.04. The molecule has 2 rings (SSSR count). The van der Waals surface area contributed by atoms with Crippen molar-refractivity contribution in [1.29, 1.82) is 0 Å². The van der Waals surface area contributed by atoms with Gasteiger partial charge in [0.1, 0.15) is 6.10 Å².